The number of aryl methyl sites for hydroxylation is 1. The first-order valence-electron chi connectivity index (χ1n) is 12.8. The molecule has 2 amide bonds. The van der Waals surface area contributed by atoms with E-state index in [0.29, 0.717) is 23.7 Å². The van der Waals surface area contributed by atoms with Crippen molar-refractivity contribution in [2.75, 3.05) is 26.3 Å². The Morgan fingerprint density at radius 1 is 1.03 bits per heavy atom. The number of nitrogens with one attached hydrogen (secondary N) is 2. The highest BCUT2D eigenvalue weighted by molar-refractivity contribution is 7.89. The summed E-state index contributed by atoms with van der Waals surface area (Å²) < 4.78 is 52.7. The van der Waals surface area contributed by atoms with Gasteiger partial charge in [0.1, 0.15) is 0 Å². The fourth-order valence-corrected chi connectivity index (χ4v) is 8.51. The minimum atomic E-state index is -4.14. The van der Waals surface area contributed by atoms with E-state index in [0.717, 1.165) is 9.87 Å². The van der Waals surface area contributed by atoms with E-state index in [1.54, 1.807) is 50.2 Å². The Balaban J connectivity index is 1.73. The predicted molar refractivity (Wildman–Crippen MR) is 142 cm³/mol. The number of piperidine rings is 1. The summed E-state index contributed by atoms with van der Waals surface area (Å²) in [5.41, 5.74) is -0.499. The molecule has 2 saturated heterocycles. The van der Waals surface area contributed by atoms with E-state index in [4.69, 9.17) is 9.05 Å². The molecule has 1 spiro atoms. The number of hydrogen-bond donors (Lipinski definition) is 2. The van der Waals surface area contributed by atoms with E-state index in [1.807, 2.05) is 6.92 Å². The topological polar surface area (TPSA) is 131 Å². The molecule has 0 unspecified atom stereocenters. The Hall–Kier alpha value is -2.56. The Morgan fingerprint density at radius 2 is 1.71 bits per heavy atom. The fraction of sp³-hybridized carbons (Fsp3) is 0.462. The third-order valence-electron chi connectivity index (χ3n) is 6.98. The van der Waals surface area contributed by atoms with Crippen LogP contribution in [0.25, 0.3) is 0 Å². The van der Waals surface area contributed by atoms with Gasteiger partial charge in [0.05, 0.1) is 29.5 Å². The molecule has 0 saturated carbocycles. The average Bonchev–Trinajstić information content (AvgIpc) is 3.02. The molecule has 10 nitrogen and oxygen atoms in total. The molecule has 2 N–H and O–H groups in total. The van der Waals surface area contributed by atoms with Crippen LogP contribution in [-0.4, -0.2) is 56.4 Å². The molecule has 2 aromatic carbocycles. The number of benzene rings is 2. The summed E-state index contributed by atoms with van der Waals surface area (Å²) in [6.07, 6.45) is 1.11. The van der Waals surface area contributed by atoms with Crippen LogP contribution in [0.3, 0.4) is 0 Å². The summed E-state index contributed by atoms with van der Waals surface area (Å²) in [5, 5.41) is 6.08. The predicted octanol–water partition coefficient (Wildman–Crippen LogP) is 2.79. The van der Waals surface area contributed by atoms with Crippen LogP contribution in [0.1, 0.15) is 50.3 Å². The van der Waals surface area contributed by atoms with Crippen molar-refractivity contribution in [1.82, 2.24) is 14.9 Å². The summed E-state index contributed by atoms with van der Waals surface area (Å²) in [6.45, 7) is 5.73. The van der Waals surface area contributed by atoms with E-state index in [1.165, 1.54) is 12.1 Å². The molecule has 2 aliphatic rings. The largest absolute Gasteiger partial charge is 0.361 e. The lowest BCUT2D eigenvalue weighted by molar-refractivity contribution is -0.144. The van der Waals surface area contributed by atoms with Crippen molar-refractivity contribution < 1.29 is 31.6 Å². The molecule has 2 fully saturated rings. The van der Waals surface area contributed by atoms with E-state index in [9.17, 15) is 22.6 Å². The number of carbonyl (C=O) groups is 2. The van der Waals surface area contributed by atoms with Gasteiger partial charge in [0.2, 0.25) is 10.0 Å². The molecule has 2 atom stereocenters. The highest BCUT2D eigenvalue weighted by Gasteiger charge is 2.58. The van der Waals surface area contributed by atoms with Crippen LogP contribution in [0.15, 0.2) is 53.4 Å². The summed E-state index contributed by atoms with van der Waals surface area (Å²) in [4.78, 5) is 27.5. The molecule has 4 rings (SSSR count). The maximum absolute atomic E-state index is 13.9. The number of hydrogen-bond acceptors (Lipinski definition) is 7. The standard InChI is InChI=1S/C26H34N3O7PS/c1-4-35-37(32,36-5-2)20-14-13-19(3)22(17-20)23-18-27-24(30)26(25(31)28-23)15-9-10-16-29(26)38(33,34)21-11-7-6-8-12-21/h6-8,11-14,17,23H,4-5,9-10,15-16,18H2,1-3H3,(H,27,30)(H,28,31)/t23-,26+/m1/s1. The van der Waals surface area contributed by atoms with Crippen molar-refractivity contribution >= 4 is 34.7 Å². The van der Waals surface area contributed by atoms with Crippen molar-refractivity contribution in [3.05, 3.63) is 59.7 Å². The Kier molecular flexibility index (Phi) is 8.44. The minimum Gasteiger partial charge on any atom is -0.352 e. The average molecular weight is 564 g/mol. The van der Waals surface area contributed by atoms with Crippen LogP contribution in [0.2, 0.25) is 0 Å². The van der Waals surface area contributed by atoms with Gasteiger partial charge < -0.3 is 19.7 Å². The minimum absolute atomic E-state index is 0.0221. The maximum Gasteiger partial charge on any atom is 0.361 e. The summed E-state index contributed by atoms with van der Waals surface area (Å²) in [7, 11) is -7.73. The van der Waals surface area contributed by atoms with Crippen LogP contribution in [0.5, 0.6) is 0 Å². The first kappa shape index (κ1) is 28.4. The third kappa shape index (κ3) is 5.05. The molecule has 2 aromatic rings. The van der Waals surface area contributed by atoms with Crippen LogP contribution >= 0.6 is 7.60 Å². The van der Waals surface area contributed by atoms with E-state index in [-0.39, 0.29) is 37.6 Å². The van der Waals surface area contributed by atoms with Crippen molar-refractivity contribution in [1.29, 1.82) is 0 Å². The molecule has 0 radical (unpaired) electrons. The molecule has 206 valence electrons. The van der Waals surface area contributed by atoms with Crippen LogP contribution < -0.4 is 15.9 Å². The second-order valence-corrected chi connectivity index (χ2v) is 13.2. The van der Waals surface area contributed by atoms with Crippen molar-refractivity contribution in [2.24, 2.45) is 0 Å². The molecule has 38 heavy (non-hydrogen) atoms. The van der Waals surface area contributed by atoms with Gasteiger partial charge in [0, 0.05) is 13.1 Å². The molecule has 12 heteroatoms. The Morgan fingerprint density at radius 3 is 2.37 bits per heavy atom. The first-order valence-corrected chi connectivity index (χ1v) is 15.8. The lowest BCUT2D eigenvalue weighted by Crippen LogP contribution is -2.67. The van der Waals surface area contributed by atoms with Gasteiger partial charge in [-0.25, -0.2) is 8.42 Å². The van der Waals surface area contributed by atoms with E-state index < -0.39 is 41.0 Å². The zero-order valence-electron chi connectivity index (χ0n) is 21.8. The SMILES string of the molecule is CCOP(=O)(OCC)c1ccc(C)c([C@H]2CNC(=O)[C@@]3(CCCCN3S(=O)(=O)c3ccccc3)C(=O)N2)c1. The zero-order valence-corrected chi connectivity index (χ0v) is 23.5. The van der Waals surface area contributed by atoms with Gasteiger partial charge in [-0.15, -0.1) is 0 Å². The number of sulfonamides is 1. The molecule has 0 bridgehead atoms. The van der Waals surface area contributed by atoms with Crippen molar-refractivity contribution in [3.63, 3.8) is 0 Å². The van der Waals surface area contributed by atoms with E-state index >= 15 is 0 Å². The van der Waals surface area contributed by atoms with Gasteiger partial charge >= 0.3 is 7.60 Å². The monoisotopic (exact) mass is 563 g/mol. The first-order chi connectivity index (χ1) is 18.1. The van der Waals surface area contributed by atoms with Crippen LogP contribution in [-0.2, 0) is 33.2 Å². The summed E-state index contributed by atoms with van der Waals surface area (Å²) in [6, 6.07) is 12.2. The van der Waals surface area contributed by atoms with Crippen molar-refractivity contribution in [3.8, 4) is 0 Å². The van der Waals surface area contributed by atoms with Gasteiger partial charge in [-0.1, -0.05) is 24.3 Å². The molecule has 2 heterocycles. The normalized spacial score (nSPS) is 23.1. The second-order valence-electron chi connectivity index (χ2n) is 9.32. The van der Waals surface area contributed by atoms with Gasteiger partial charge in [0.15, 0.2) is 5.54 Å². The highest BCUT2D eigenvalue weighted by atomic mass is 32.2. The lowest BCUT2D eigenvalue weighted by Gasteiger charge is -2.42. The van der Waals surface area contributed by atoms with Crippen molar-refractivity contribution in [2.45, 2.75) is 56.5 Å². The zero-order chi connectivity index (χ0) is 27.6. The van der Waals surface area contributed by atoms with Gasteiger partial charge in [0.25, 0.3) is 11.8 Å². The number of amides is 2. The van der Waals surface area contributed by atoms with Crippen LogP contribution in [0.4, 0.5) is 0 Å². The van der Waals surface area contributed by atoms with Gasteiger partial charge in [-0.3, -0.25) is 14.2 Å². The maximum atomic E-state index is 13.9. The second kappa shape index (κ2) is 11.3. The van der Waals surface area contributed by atoms with Gasteiger partial charge in [-0.2, -0.15) is 4.31 Å². The quantitative estimate of drug-likeness (QED) is 0.373. The number of nitrogens with zero attached hydrogens (tertiary/aromatic N) is 1. The van der Waals surface area contributed by atoms with Crippen LogP contribution in [0, 0.1) is 6.92 Å². The Bertz CT molecular complexity index is 1340. The summed E-state index contributed by atoms with van der Waals surface area (Å²) in [5.74, 6) is -1.33. The van der Waals surface area contributed by atoms with E-state index in [2.05, 4.69) is 10.6 Å². The fourth-order valence-electron chi connectivity index (χ4n) is 5.11. The summed E-state index contributed by atoms with van der Waals surface area (Å²) >= 11 is 0. The molecule has 0 aromatic heterocycles. The third-order valence-corrected chi connectivity index (χ3v) is 11.0. The number of rotatable bonds is 8. The molecule has 2 aliphatic heterocycles. The molecular formula is C26H34N3O7PS. The smallest absolute Gasteiger partial charge is 0.352 e. The number of carbonyl (C=O) groups excluding carboxylic acids is 2. The lowest BCUT2D eigenvalue weighted by atomic mass is 9.87. The highest BCUT2D eigenvalue weighted by Crippen LogP contribution is 2.47. The molecule has 0 aliphatic carbocycles. The molecular weight excluding hydrogens is 529 g/mol. The Labute approximate surface area is 223 Å². The van der Waals surface area contributed by atoms with Gasteiger partial charge in [-0.05, 0) is 75.4 Å².